The quantitative estimate of drug-likeness (QED) is 0.831. The molecule has 1 aromatic carbocycles. The van der Waals surface area contributed by atoms with E-state index in [1.54, 1.807) is 11.0 Å². The van der Waals surface area contributed by atoms with E-state index in [-0.39, 0.29) is 17.6 Å². The van der Waals surface area contributed by atoms with Crippen LogP contribution in [0.2, 0.25) is 0 Å². The van der Waals surface area contributed by atoms with Crippen LogP contribution < -0.4 is 10.2 Å². The zero-order valence-corrected chi connectivity index (χ0v) is 16.3. The van der Waals surface area contributed by atoms with Crippen LogP contribution in [-0.2, 0) is 11.3 Å². The van der Waals surface area contributed by atoms with Crippen molar-refractivity contribution in [3.8, 4) is 0 Å². The van der Waals surface area contributed by atoms with Crippen molar-refractivity contribution in [2.24, 2.45) is 0 Å². The molecular weight excluding hydrogens is 359 g/mol. The molecule has 0 saturated carbocycles. The molecule has 0 unspecified atom stereocenters. The fraction of sp³-hybridized carbons (Fsp3) is 0.524. The lowest BCUT2D eigenvalue weighted by Gasteiger charge is -2.19. The predicted octanol–water partition coefficient (Wildman–Crippen LogP) is 2.75. The number of nitrogens with zero attached hydrogens (tertiary/aromatic N) is 3. The van der Waals surface area contributed by atoms with Gasteiger partial charge in [0.15, 0.2) is 0 Å². The summed E-state index contributed by atoms with van der Waals surface area (Å²) in [7, 11) is 0. The normalized spacial score (nSPS) is 17.8. The third kappa shape index (κ3) is 3.39. The van der Waals surface area contributed by atoms with Gasteiger partial charge in [-0.25, -0.2) is 4.39 Å². The molecule has 0 atom stereocenters. The zero-order valence-electron chi connectivity index (χ0n) is 16.3. The molecule has 6 nitrogen and oxygen atoms in total. The van der Waals surface area contributed by atoms with Crippen LogP contribution in [-0.4, -0.2) is 54.0 Å². The van der Waals surface area contributed by atoms with Crippen molar-refractivity contribution < 1.29 is 14.0 Å². The summed E-state index contributed by atoms with van der Waals surface area (Å²) in [6, 6.07) is 4.53. The highest BCUT2D eigenvalue weighted by Gasteiger charge is 2.31. The number of aromatic nitrogens is 1. The molecular formula is C21H27FN4O2. The molecule has 2 aliphatic heterocycles. The molecule has 2 saturated heterocycles. The summed E-state index contributed by atoms with van der Waals surface area (Å²) in [6.07, 6.45) is 3.64. The Morgan fingerprint density at radius 3 is 2.64 bits per heavy atom. The number of aryl methyl sites for hydroxylation is 1. The number of carbonyl (C=O) groups is 2. The summed E-state index contributed by atoms with van der Waals surface area (Å²) >= 11 is 0. The Kier molecular flexibility index (Phi) is 5.35. The van der Waals surface area contributed by atoms with Gasteiger partial charge in [0.1, 0.15) is 11.5 Å². The SMILES string of the molecule is CCn1c(C(=O)NCCN2CCCC2)c(N2CCCC2=O)c2cc(F)ccc21. The van der Waals surface area contributed by atoms with Gasteiger partial charge in [-0.1, -0.05) is 0 Å². The maximum Gasteiger partial charge on any atom is 0.270 e. The van der Waals surface area contributed by atoms with E-state index in [2.05, 4.69) is 10.2 Å². The highest BCUT2D eigenvalue weighted by Crippen LogP contribution is 2.37. The van der Waals surface area contributed by atoms with Gasteiger partial charge in [-0.2, -0.15) is 0 Å². The smallest absolute Gasteiger partial charge is 0.270 e. The van der Waals surface area contributed by atoms with Crippen molar-refractivity contribution in [2.75, 3.05) is 37.6 Å². The largest absolute Gasteiger partial charge is 0.349 e. The highest BCUT2D eigenvalue weighted by atomic mass is 19.1. The number of rotatable bonds is 6. The summed E-state index contributed by atoms with van der Waals surface area (Å²) < 4.78 is 15.9. The Morgan fingerprint density at radius 2 is 1.96 bits per heavy atom. The van der Waals surface area contributed by atoms with Gasteiger partial charge in [-0.15, -0.1) is 0 Å². The van der Waals surface area contributed by atoms with Crippen LogP contribution in [0.15, 0.2) is 18.2 Å². The minimum atomic E-state index is -0.366. The van der Waals surface area contributed by atoms with Gasteiger partial charge in [-0.3, -0.25) is 9.59 Å². The first kappa shape index (κ1) is 18.9. The molecule has 2 fully saturated rings. The Morgan fingerprint density at radius 1 is 1.18 bits per heavy atom. The number of hydrogen-bond donors (Lipinski definition) is 1. The topological polar surface area (TPSA) is 57.6 Å². The van der Waals surface area contributed by atoms with E-state index in [0.717, 1.165) is 31.6 Å². The summed E-state index contributed by atoms with van der Waals surface area (Å²) in [5.41, 5.74) is 1.79. The highest BCUT2D eigenvalue weighted by molar-refractivity contribution is 6.14. The van der Waals surface area contributed by atoms with Crippen molar-refractivity contribution in [3.05, 3.63) is 29.7 Å². The number of nitrogens with one attached hydrogen (secondary N) is 1. The number of carbonyl (C=O) groups excluding carboxylic acids is 2. The number of amides is 2. The van der Waals surface area contributed by atoms with Crippen LogP contribution in [0.4, 0.5) is 10.1 Å². The van der Waals surface area contributed by atoms with Crippen LogP contribution in [0.25, 0.3) is 10.9 Å². The van der Waals surface area contributed by atoms with E-state index < -0.39 is 0 Å². The molecule has 150 valence electrons. The van der Waals surface area contributed by atoms with E-state index in [0.29, 0.717) is 42.8 Å². The first-order valence-corrected chi connectivity index (χ1v) is 10.2. The molecule has 2 amide bonds. The van der Waals surface area contributed by atoms with Crippen LogP contribution in [0.3, 0.4) is 0 Å². The van der Waals surface area contributed by atoms with Crippen molar-refractivity contribution in [1.29, 1.82) is 0 Å². The van der Waals surface area contributed by atoms with Crippen LogP contribution in [0, 0.1) is 5.82 Å². The van der Waals surface area contributed by atoms with Gasteiger partial charge < -0.3 is 19.7 Å². The molecule has 2 aliphatic rings. The van der Waals surface area contributed by atoms with Gasteiger partial charge in [-0.05, 0) is 57.5 Å². The molecule has 28 heavy (non-hydrogen) atoms. The number of halogens is 1. The molecule has 2 aromatic rings. The molecule has 1 aromatic heterocycles. The second kappa shape index (κ2) is 7.91. The summed E-state index contributed by atoms with van der Waals surface area (Å²) in [6.45, 7) is 6.64. The first-order valence-electron chi connectivity index (χ1n) is 10.2. The van der Waals surface area contributed by atoms with Gasteiger partial charge in [0, 0.05) is 38.0 Å². The maximum absolute atomic E-state index is 14.0. The van der Waals surface area contributed by atoms with Crippen molar-refractivity contribution in [1.82, 2.24) is 14.8 Å². The predicted molar refractivity (Wildman–Crippen MR) is 107 cm³/mol. The van der Waals surface area contributed by atoms with Crippen LogP contribution >= 0.6 is 0 Å². The van der Waals surface area contributed by atoms with Gasteiger partial charge >= 0.3 is 0 Å². The molecule has 0 aliphatic carbocycles. The Labute approximate surface area is 164 Å². The second-order valence-corrected chi connectivity index (χ2v) is 7.56. The van der Waals surface area contributed by atoms with Crippen molar-refractivity contribution >= 4 is 28.4 Å². The second-order valence-electron chi connectivity index (χ2n) is 7.56. The monoisotopic (exact) mass is 386 g/mol. The summed E-state index contributed by atoms with van der Waals surface area (Å²) in [5, 5.41) is 3.65. The van der Waals surface area contributed by atoms with Crippen molar-refractivity contribution in [2.45, 2.75) is 39.2 Å². The number of anilines is 1. The number of benzene rings is 1. The minimum absolute atomic E-state index is 0.00877. The maximum atomic E-state index is 14.0. The lowest BCUT2D eigenvalue weighted by Crippen LogP contribution is -2.35. The Bertz CT molecular complexity index is 901. The number of hydrogen-bond acceptors (Lipinski definition) is 3. The fourth-order valence-electron chi connectivity index (χ4n) is 4.44. The van der Waals surface area contributed by atoms with Crippen LogP contribution in [0.1, 0.15) is 43.1 Å². The van der Waals surface area contributed by atoms with Gasteiger partial charge in [0.05, 0.1) is 11.2 Å². The number of likely N-dealkylation sites (tertiary alicyclic amines) is 1. The van der Waals surface area contributed by atoms with E-state index in [1.165, 1.54) is 25.0 Å². The zero-order chi connectivity index (χ0) is 19.7. The number of fused-ring (bicyclic) bond motifs is 1. The molecule has 3 heterocycles. The average Bonchev–Trinajstić information content (AvgIpc) is 3.40. The lowest BCUT2D eigenvalue weighted by atomic mass is 10.2. The van der Waals surface area contributed by atoms with E-state index in [4.69, 9.17) is 0 Å². The average molecular weight is 386 g/mol. The van der Waals surface area contributed by atoms with Crippen LogP contribution in [0.5, 0.6) is 0 Å². The summed E-state index contributed by atoms with van der Waals surface area (Å²) in [4.78, 5) is 29.6. The molecule has 0 radical (unpaired) electrons. The third-order valence-electron chi connectivity index (χ3n) is 5.79. The lowest BCUT2D eigenvalue weighted by molar-refractivity contribution is -0.117. The fourth-order valence-corrected chi connectivity index (χ4v) is 4.44. The molecule has 1 N–H and O–H groups in total. The molecule has 0 spiro atoms. The van der Waals surface area contributed by atoms with E-state index >= 15 is 0 Å². The molecule has 7 heteroatoms. The Balaban J connectivity index is 1.70. The minimum Gasteiger partial charge on any atom is -0.349 e. The summed E-state index contributed by atoms with van der Waals surface area (Å²) in [5.74, 6) is -0.576. The standard InChI is InChI=1S/C21H27FN4O2/c1-2-25-17-8-7-15(22)14-16(17)19(26-12-5-6-18(26)27)20(25)21(28)23-9-13-24-10-3-4-11-24/h7-8,14H,2-6,9-13H2,1H3,(H,23,28). The third-order valence-corrected chi connectivity index (χ3v) is 5.79. The Hall–Kier alpha value is -2.41. The van der Waals surface area contributed by atoms with E-state index in [1.807, 2.05) is 11.5 Å². The first-order chi connectivity index (χ1) is 13.6. The van der Waals surface area contributed by atoms with Gasteiger partial charge in [0.2, 0.25) is 5.91 Å². The van der Waals surface area contributed by atoms with E-state index in [9.17, 15) is 14.0 Å². The molecule has 4 rings (SSSR count). The molecule has 0 bridgehead atoms. The van der Waals surface area contributed by atoms with Crippen molar-refractivity contribution in [3.63, 3.8) is 0 Å². The van der Waals surface area contributed by atoms with Gasteiger partial charge in [0.25, 0.3) is 5.91 Å².